The number of rotatable bonds is 3. The van der Waals surface area contributed by atoms with Crippen molar-refractivity contribution in [2.24, 2.45) is 5.73 Å². The first-order chi connectivity index (χ1) is 7.77. The molecule has 0 aliphatic carbocycles. The zero-order valence-corrected chi connectivity index (χ0v) is 8.44. The van der Waals surface area contributed by atoms with Gasteiger partial charge in [0.15, 0.2) is 0 Å². The van der Waals surface area contributed by atoms with Gasteiger partial charge in [-0.05, 0) is 23.8 Å². The van der Waals surface area contributed by atoms with Crippen LogP contribution in [0.25, 0.3) is 0 Å². The summed E-state index contributed by atoms with van der Waals surface area (Å²) in [5.41, 5.74) is 3.12. The van der Waals surface area contributed by atoms with Crippen LogP contribution in [0, 0.1) is 5.82 Å². The molecule has 0 fully saturated rings. The van der Waals surface area contributed by atoms with Crippen LogP contribution in [0.15, 0.2) is 18.2 Å². The van der Waals surface area contributed by atoms with Crippen molar-refractivity contribution in [2.45, 2.75) is 18.5 Å². The second kappa shape index (κ2) is 4.95. The third-order valence-corrected chi connectivity index (χ3v) is 2.28. The summed E-state index contributed by atoms with van der Waals surface area (Å²) in [6.45, 7) is -0.629. The highest BCUT2D eigenvalue weighted by molar-refractivity contribution is 5.30. The fourth-order valence-corrected chi connectivity index (χ4v) is 1.37. The quantitative estimate of drug-likeness (QED) is 0.827. The lowest BCUT2D eigenvalue weighted by Crippen LogP contribution is -2.21. The van der Waals surface area contributed by atoms with E-state index in [1.165, 1.54) is 0 Å². The molecule has 0 saturated heterocycles. The van der Waals surface area contributed by atoms with Crippen molar-refractivity contribution in [1.82, 2.24) is 0 Å². The molecule has 0 amide bonds. The van der Waals surface area contributed by atoms with Gasteiger partial charge in [0.1, 0.15) is 5.82 Å². The Morgan fingerprint density at radius 2 is 1.76 bits per heavy atom. The van der Waals surface area contributed by atoms with Crippen LogP contribution in [0.1, 0.15) is 17.0 Å². The summed E-state index contributed by atoms with van der Waals surface area (Å²) in [5, 5.41) is 0. The average Bonchev–Trinajstić information content (AvgIpc) is 2.19. The van der Waals surface area contributed by atoms with E-state index in [2.05, 4.69) is 0 Å². The van der Waals surface area contributed by atoms with Crippen molar-refractivity contribution in [3.63, 3.8) is 0 Å². The molecule has 0 heterocycles. The van der Waals surface area contributed by atoms with E-state index in [9.17, 15) is 26.3 Å². The molecule has 1 atom stereocenters. The molecular weight excluding hydrogens is 248 g/mol. The van der Waals surface area contributed by atoms with E-state index in [1.54, 1.807) is 0 Å². The average molecular weight is 257 g/mol. The molecule has 0 bridgehead atoms. The summed E-state index contributed by atoms with van der Waals surface area (Å²) in [7, 11) is 0. The number of benzene rings is 1. The van der Waals surface area contributed by atoms with E-state index in [0.717, 1.165) is 0 Å². The number of nitrogens with two attached hydrogens (primary N) is 1. The lowest BCUT2D eigenvalue weighted by Gasteiger charge is -2.16. The van der Waals surface area contributed by atoms with E-state index in [-0.39, 0.29) is 0 Å². The van der Waals surface area contributed by atoms with Crippen molar-refractivity contribution in [2.75, 3.05) is 6.54 Å². The minimum Gasteiger partial charge on any atom is -0.330 e. The molecule has 96 valence electrons. The second-order valence-electron chi connectivity index (χ2n) is 3.41. The monoisotopic (exact) mass is 257 g/mol. The van der Waals surface area contributed by atoms with Crippen LogP contribution in [0.5, 0.6) is 0 Å². The molecule has 1 aromatic carbocycles. The third-order valence-electron chi connectivity index (χ3n) is 2.28. The molecule has 0 aliphatic rings. The van der Waals surface area contributed by atoms with Crippen molar-refractivity contribution in [1.29, 1.82) is 0 Å². The van der Waals surface area contributed by atoms with Crippen LogP contribution in [0.2, 0.25) is 0 Å². The zero-order valence-electron chi connectivity index (χ0n) is 8.44. The van der Waals surface area contributed by atoms with Gasteiger partial charge in [0.2, 0.25) is 6.43 Å². The van der Waals surface area contributed by atoms with Crippen molar-refractivity contribution < 1.29 is 26.3 Å². The Labute approximate surface area is 93.2 Å². The summed E-state index contributed by atoms with van der Waals surface area (Å²) in [6, 6.07) is 1.39. The predicted molar refractivity (Wildman–Crippen MR) is 49.2 cm³/mol. The molecule has 0 aromatic heterocycles. The van der Waals surface area contributed by atoms with Gasteiger partial charge in [0.25, 0.3) is 0 Å². The molecule has 17 heavy (non-hydrogen) atoms. The van der Waals surface area contributed by atoms with E-state index in [1.807, 2.05) is 0 Å². The van der Waals surface area contributed by atoms with E-state index in [0.29, 0.717) is 18.2 Å². The highest BCUT2D eigenvalue weighted by Crippen LogP contribution is 2.33. The van der Waals surface area contributed by atoms with Gasteiger partial charge in [-0.15, -0.1) is 0 Å². The number of halogens is 6. The molecule has 1 unspecified atom stereocenters. The van der Waals surface area contributed by atoms with Gasteiger partial charge in [-0.25, -0.2) is 13.2 Å². The summed E-state index contributed by atoms with van der Waals surface area (Å²) >= 11 is 0. The van der Waals surface area contributed by atoms with E-state index < -0.39 is 42.0 Å². The van der Waals surface area contributed by atoms with Gasteiger partial charge in [-0.1, -0.05) is 0 Å². The molecule has 7 heteroatoms. The molecule has 1 nitrogen and oxygen atoms in total. The maximum absolute atomic E-state index is 13.2. The minimum absolute atomic E-state index is 0.374. The summed E-state index contributed by atoms with van der Waals surface area (Å²) < 4.78 is 75.1. The molecule has 0 saturated carbocycles. The van der Waals surface area contributed by atoms with Gasteiger partial charge in [0, 0.05) is 6.54 Å². The second-order valence-corrected chi connectivity index (χ2v) is 3.41. The fraction of sp³-hybridized carbons (Fsp3) is 0.400. The first kappa shape index (κ1) is 13.8. The van der Waals surface area contributed by atoms with Crippen LogP contribution in [-0.2, 0) is 6.18 Å². The topological polar surface area (TPSA) is 26.0 Å². The Kier molecular flexibility index (Phi) is 4.03. The lowest BCUT2D eigenvalue weighted by molar-refractivity contribution is -0.137. The van der Waals surface area contributed by atoms with Crippen molar-refractivity contribution in [3.8, 4) is 0 Å². The maximum Gasteiger partial charge on any atom is 0.416 e. The fourth-order valence-electron chi connectivity index (χ4n) is 1.37. The SMILES string of the molecule is NCC(c1cc(C(F)(F)F)ccc1F)C(F)F. The highest BCUT2D eigenvalue weighted by Gasteiger charge is 2.33. The number of alkyl halides is 5. The molecule has 0 aliphatic heterocycles. The summed E-state index contributed by atoms with van der Waals surface area (Å²) in [4.78, 5) is 0. The van der Waals surface area contributed by atoms with Gasteiger partial charge in [-0.2, -0.15) is 13.2 Å². The Hall–Kier alpha value is -1.24. The van der Waals surface area contributed by atoms with Crippen LogP contribution in [-0.4, -0.2) is 13.0 Å². The lowest BCUT2D eigenvalue weighted by atomic mass is 9.97. The summed E-state index contributed by atoms with van der Waals surface area (Å²) in [6.07, 6.45) is -7.72. The van der Waals surface area contributed by atoms with Gasteiger partial charge >= 0.3 is 6.18 Å². The normalized spacial score (nSPS) is 14.1. The zero-order chi connectivity index (χ0) is 13.2. The Bertz CT molecular complexity index is 387. The molecule has 1 rings (SSSR count). The van der Waals surface area contributed by atoms with E-state index >= 15 is 0 Å². The third kappa shape index (κ3) is 3.12. The highest BCUT2D eigenvalue weighted by atomic mass is 19.4. The first-order valence-corrected chi connectivity index (χ1v) is 4.62. The van der Waals surface area contributed by atoms with Crippen LogP contribution in [0.4, 0.5) is 26.3 Å². The Balaban J connectivity index is 3.23. The Morgan fingerprint density at radius 3 is 2.18 bits per heavy atom. The van der Waals surface area contributed by atoms with Crippen LogP contribution in [0.3, 0.4) is 0 Å². The molecule has 0 radical (unpaired) electrons. The van der Waals surface area contributed by atoms with Gasteiger partial charge in [-0.3, -0.25) is 0 Å². The molecular formula is C10H9F6N. The van der Waals surface area contributed by atoms with Crippen molar-refractivity contribution >= 4 is 0 Å². The van der Waals surface area contributed by atoms with E-state index in [4.69, 9.17) is 5.73 Å². The smallest absolute Gasteiger partial charge is 0.330 e. The largest absolute Gasteiger partial charge is 0.416 e. The minimum atomic E-state index is -4.70. The van der Waals surface area contributed by atoms with Gasteiger partial charge in [0.05, 0.1) is 11.5 Å². The number of hydrogen-bond acceptors (Lipinski definition) is 1. The first-order valence-electron chi connectivity index (χ1n) is 4.62. The standard InChI is InChI=1S/C10H9F6N/c11-8-2-1-5(10(14,15)16)3-6(8)7(4-17)9(12)13/h1-3,7,9H,4,17H2. The summed E-state index contributed by atoms with van der Waals surface area (Å²) in [5.74, 6) is -2.86. The Morgan fingerprint density at radius 1 is 1.18 bits per heavy atom. The maximum atomic E-state index is 13.2. The van der Waals surface area contributed by atoms with Crippen LogP contribution < -0.4 is 5.73 Å². The van der Waals surface area contributed by atoms with Crippen molar-refractivity contribution in [3.05, 3.63) is 35.1 Å². The number of hydrogen-bond donors (Lipinski definition) is 1. The van der Waals surface area contributed by atoms with Gasteiger partial charge < -0.3 is 5.73 Å². The molecule has 1 aromatic rings. The van der Waals surface area contributed by atoms with Crippen LogP contribution >= 0.6 is 0 Å². The molecule has 0 spiro atoms. The molecule has 2 N–H and O–H groups in total. The predicted octanol–water partition coefficient (Wildman–Crippen LogP) is 3.15.